The predicted octanol–water partition coefficient (Wildman–Crippen LogP) is 2.12. The number of nitrogens with one attached hydrogen (secondary N) is 1. The van der Waals surface area contributed by atoms with Crippen molar-refractivity contribution in [1.29, 1.82) is 0 Å². The van der Waals surface area contributed by atoms with E-state index in [1.54, 1.807) is 12.1 Å². The van der Waals surface area contributed by atoms with Crippen molar-refractivity contribution in [3.8, 4) is 0 Å². The molecule has 1 fully saturated rings. The third-order valence-corrected chi connectivity index (χ3v) is 3.00. The van der Waals surface area contributed by atoms with Crippen LogP contribution in [0.15, 0.2) is 24.3 Å². The molecule has 0 aromatic heterocycles. The summed E-state index contributed by atoms with van der Waals surface area (Å²) in [5.74, 6) is -0.879. The Morgan fingerprint density at radius 1 is 1.53 bits per heavy atom. The van der Waals surface area contributed by atoms with Crippen LogP contribution in [0.25, 0.3) is 0 Å². The van der Waals surface area contributed by atoms with Gasteiger partial charge in [-0.1, -0.05) is 12.1 Å². The van der Waals surface area contributed by atoms with Gasteiger partial charge < -0.3 is 10.1 Å². The molecule has 3 nitrogen and oxygen atoms in total. The molecule has 0 saturated carbocycles. The van der Waals surface area contributed by atoms with Crippen molar-refractivity contribution < 1.29 is 13.9 Å². The van der Waals surface area contributed by atoms with Crippen molar-refractivity contribution in [2.45, 2.75) is 31.9 Å². The fourth-order valence-corrected chi connectivity index (χ4v) is 2.02. The molecule has 1 amide bonds. The average molecular weight is 237 g/mol. The van der Waals surface area contributed by atoms with Crippen LogP contribution in [0.5, 0.6) is 0 Å². The molecule has 2 atom stereocenters. The number of carbonyl (C=O) groups excluding carboxylic acids is 1. The fourth-order valence-electron chi connectivity index (χ4n) is 2.02. The first-order valence-electron chi connectivity index (χ1n) is 5.85. The lowest BCUT2D eigenvalue weighted by Crippen LogP contribution is -2.41. The summed E-state index contributed by atoms with van der Waals surface area (Å²) in [5, 5.41) is 2.78. The minimum Gasteiger partial charge on any atom is -0.376 e. The van der Waals surface area contributed by atoms with Gasteiger partial charge in [0.25, 0.3) is 5.91 Å². The highest BCUT2D eigenvalue weighted by Gasteiger charge is 2.24. The van der Waals surface area contributed by atoms with Gasteiger partial charge in [0.15, 0.2) is 0 Å². The lowest BCUT2D eigenvalue weighted by Gasteiger charge is -2.20. The van der Waals surface area contributed by atoms with Gasteiger partial charge >= 0.3 is 0 Å². The van der Waals surface area contributed by atoms with Crippen molar-refractivity contribution >= 4 is 5.91 Å². The largest absolute Gasteiger partial charge is 0.376 e. The summed E-state index contributed by atoms with van der Waals surface area (Å²) >= 11 is 0. The molecular formula is C13H16FNO2. The zero-order valence-electron chi connectivity index (χ0n) is 9.78. The van der Waals surface area contributed by atoms with Crippen LogP contribution in [0.3, 0.4) is 0 Å². The fraction of sp³-hybridized carbons (Fsp3) is 0.462. The topological polar surface area (TPSA) is 38.3 Å². The summed E-state index contributed by atoms with van der Waals surface area (Å²) in [5.41, 5.74) is 0.0809. The molecule has 17 heavy (non-hydrogen) atoms. The molecule has 0 spiro atoms. The molecule has 0 unspecified atom stereocenters. The van der Waals surface area contributed by atoms with E-state index in [0.29, 0.717) is 0 Å². The first-order valence-corrected chi connectivity index (χ1v) is 5.85. The molecule has 4 heteroatoms. The lowest BCUT2D eigenvalue weighted by atomic mass is 10.1. The molecule has 0 bridgehead atoms. The third-order valence-electron chi connectivity index (χ3n) is 3.00. The van der Waals surface area contributed by atoms with E-state index in [0.717, 1.165) is 19.4 Å². The zero-order chi connectivity index (χ0) is 12.3. The van der Waals surface area contributed by atoms with Crippen LogP contribution in [-0.4, -0.2) is 24.7 Å². The number of amides is 1. The molecule has 1 N–H and O–H groups in total. The van der Waals surface area contributed by atoms with E-state index in [2.05, 4.69) is 5.32 Å². The van der Waals surface area contributed by atoms with Crippen LogP contribution in [0.2, 0.25) is 0 Å². The molecule has 1 aliphatic heterocycles. The van der Waals surface area contributed by atoms with Crippen molar-refractivity contribution in [3.63, 3.8) is 0 Å². The molecule has 1 aromatic rings. The number of ether oxygens (including phenoxy) is 1. The molecule has 1 heterocycles. The highest BCUT2D eigenvalue weighted by Crippen LogP contribution is 2.16. The predicted molar refractivity (Wildman–Crippen MR) is 62.3 cm³/mol. The lowest BCUT2D eigenvalue weighted by molar-refractivity contribution is 0.0710. The van der Waals surface area contributed by atoms with Gasteiger partial charge in [0.1, 0.15) is 5.82 Å². The standard InChI is InChI=1S/C13H16FNO2/c1-9(12-7-4-8-17-12)15-13(16)10-5-2-3-6-11(10)14/h2-3,5-6,9,12H,4,7-8H2,1H3,(H,15,16)/t9-,12-/m0/s1. The van der Waals surface area contributed by atoms with E-state index >= 15 is 0 Å². The Morgan fingerprint density at radius 2 is 2.29 bits per heavy atom. The molecule has 1 saturated heterocycles. The van der Waals surface area contributed by atoms with Crippen LogP contribution in [0.1, 0.15) is 30.1 Å². The van der Waals surface area contributed by atoms with E-state index in [-0.39, 0.29) is 23.6 Å². The Hall–Kier alpha value is -1.42. The van der Waals surface area contributed by atoms with Crippen LogP contribution in [-0.2, 0) is 4.74 Å². The van der Waals surface area contributed by atoms with Crippen molar-refractivity contribution in [3.05, 3.63) is 35.6 Å². The first kappa shape index (κ1) is 12.0. The number of halogens is 1. The Morgan fingerprint density at radius 3 is 2.94 bits per heavy atom. The summed E-state index contributed by atoms with van der Waals surface area (Å²) in [4.78, 5) is 11.8. The van der Waals surface area contributed by atoms with Gasteiger partial charge in [0, 0.05) is 6.61 Å². The SMILES string of the molecule is C[C@H](NC(=O)c1ccccc1F)[C@@H]1CCCO1. The van der Waals surface area contributed by atoms with Gasteiger partial charge in [-0.05, 0) is 31.9 Å². The second-order valence-corrected chi connectivity index (χ2v) is 4.29. The molecule has 2 rings (SSSR count). The average Bonchev–Trinajstić information content (AvgIpc) is 2.82. The molecule has 0 radical (unpaired) electrons. The highest BCUT2D eigenvalue weighted by molar-refractivity contribution is 5.94. The molecule has 1 aliphatic rings. The van der Waals surface area contributed by atoms with E-state index in [4.69, 9.17) is 4.74 Å². The van der Waals surface area contributed by atoms with Gasteiger partial charge in [-0.3, -0.25) is 4.79 Å². The number of rotatable bonds is 3. The first-order chi connectivity index (χ1) is 8.18. The summed E-state index contributed by atoms with van der Waals surface area (Å²) in [6.45, 7) is 2.62. The maximum absolute atomic E-state index is 13.4. The Kier molecular flexibility index (Phi) is 3.74. The highest BCUT2D eigenvalue weighted by atomic mass is 19.1. The van der Waals surface area contributed by atoms with Gasteiger partial charge in [0.2, 0.25) is 0 Å². The van der Waals surface area contributed by atoms with Crippen LogP contribution in [0.4, 0.5) is 4.39 Å². The zero-order valence-corrected chi connectivity index (χ0v) is 9.78. The van der Waals surface area contributed by atoms with Gasteiger partial charge in [-0.2, -0.15) is 0 Å². The van der Waals surface area contributed by atoms with Crippen LogP contribution >= 0.6 is 0 Å². The van der Waals surface area contributed by atoms with E-state index in [1.165, 1.54) is 12.1 Å². The number of benzene rings is 1. The number of hydrogen-bond donors (Lipinski definition) is 1. The van der Waals surface area contributed by atoms with Crippen LogP contribution in [0, 0.1) is 5.82 Å². The van der Waals surface area contributed by atoms with Crippen molar-refractivity contribution in [1.82, 2.24) is 5.32 Å². The Balaban J connectivity index is 1.99. The van der Waals surface area contributed by atoms with Gasteiger partial charge in [-0.25, -0.2) is 4.39 Å². The van der Waals surface area contributed by atoms with Crippen molar-refractivity contribution in [2.75, 3.05) is 6.61 Å². The summed E-state index contributed by atoms with van der Waals surface area (Å²) in [7, 11) is 0. The van der Waals surface area contributed by atoms with Crippen molar-refractivity contribution in [2.24, 2.45) is 0 Å². The Bertz CT molecular complexity index is 402. The van der Waals surface area contributed by atoms with Gasteiger partial charge in [-0.15, -0.1) is 0 Å². The molecule has 92 valence electrons. The summed E-state index contributed by atoms with van der Waals surface area (Å²) in [6, 6.07) is 5.88. The molecule has 1 aromatic carbocycles. The van der Waals surface area contributed by atoms with E-state index in [9.17, 15) is 9.18 Å². The number of hydrogen-bond acceptors (Lipinski definition) is 2. The van der Waals surface area contributed by atoms with E-state index in [1.807, 2.05) is 6.92 Å². The second kappa shape index (κ2) is 5.27. The quantitative estimate of drug-likeness (QED) is 0.874. The van der Waals surface area contributed by atoms with Gasteiger partial charge in [0.05, 0.1) is 17.7 Å². The monoisotopic (exact) mass is 237 g/mol. The summed E-state index contributed by atoms with van der Waals surface area (Å²) < 4.78 is 18.8. The second-order valence-electron chi connectivity index (χ2n) is 4.29. The normalized spacial score (nSPS) is 21.2. The Labute approximate surface area is 100.0 Å². The molecular weight excluding hydrogens is 221 g/mol. The van der Waals surface area contributed by atoms with Crippen LogP contribution < -0.4 is 5.32 Å². The smallest absolute Gasteiger partial charge is 0.254 e. The number of carbonyl (C=O) groups is 1. The van der Waals surface area contributed by atoms with E-state index < -0.39 is 5.82 Å². The third kappa shape index (κ3) is 2.82. The maximum atomic E-state index is 13.4. The minimum atomic E-state index is -0.496. The summed E-state index contributed by atoms with van der Waals surface area (Å²) in [6.07, 6.45) is 2.01. The maximum Gasteiger partial charge on any atom is 0.254 e. The molecule has 0 aliphatic carbocycles. The minimum absolute atomic E-state index is 0.0470.